The maximum absolute atomic E-state index is 6.14. The predicted molar refractivity (Wildman–Crippen MR) is 78.7 cm³/mol. The minimum Gasteiger partial charge on any atom is -0.339 e. The number of rotatable bonds is 4. The van der Waals surface area contributed by atoms with E-state index in [1.54, 1.807) is 0 Å². The van der Waals surface area contributed by atoms with Gasteiger partial charge in [0.2, 0.25) is 11.7 Å². The number of nitrogens with zero attached hydrogens (tertiary/aromatic N) is 2. The normalized spacial score (nSPS) is 19.1. The first-order chi connectivity index (χ1) is 9.83. The van der Waals surface area contributed by atoms with E-state index in [0.717, 1.165) is 24.9 Å². The van der Waals surface area contributed by atoms with E-state index in [2.05, 4.69) is 15.5 Å². The third-order valence-corrected chi connectivity index (χ3v) is 4.03. The molecule has 2 aromatic rings. The number of hydrogen-bond donors (Lipinski definition) is 1. The molecule has 1 aliphatic rings. The summed E-state index contributed by atoms with van der Waals surface area (Å²) >= 11 is 6.14. The Morgan fingerprint density at radius 3 is 3.00 bits per heavy atom. The lowest BCUT2D eigenvalue weighted by atomic mass is 10.0. The first kappa shape index (κ1) is 13.6. The van der Waals surface area contributed by atoms with Crippen LogP contribution in [0.2, 0.25) is 5.02 Å². The van der Waals surface area contributed by atoms with Crippen molar-refractivity contribution >= 4 is 11.6 Å². The van der Waals surface area contributed by atoms with Crippen LogP contribution in [-0.2, 0) is 6.42 Å². The molecule has 1 aliphatic heterocycles. The standard InChI is InChI=1S/C15H18ClN3O/c16-13-7-2-1-6-12(13)15-18-14(20-19-15)9-8-11-5-3-4-10-17-11/h1-2,6-7,11,17H,3-5,8-10H2. The van der Waals surface area contributed by atoms with Gasteiger partial charge in [0, 0.05) is 18.0 Å². The second-order valence-corrected chi connectivity index (χ2v) is 5.58. The van der Waals surface area contributed by atoms with E-state index in [-0.39, 0.29) is 0 Å². The van der Waals surface area contributed by atoms with Crippen molar-refractivity contribution in [3.05, 3.63) is 35.2 Å². The van der Waals surface area contributed by atoms with Crippen molar-refractivity contribution in [3.63, 3.8) is 0 Å². The number of halogens is 1. The van der Waals surface area contributed by atoms with Gasteiger partial charge in [-0.3, -0.25) is 0 Å². The molecule has 1 N–H and O–H groups in total. The van der Waals surface area contributed by atoms with Crippen LogP contribution >= 0.6 is 11.6 Å². The lowest BCUT2D eigenvalue weighted by Gasteiger charge is -2.22. The molecule has 106 valence electrons. The van der Waals surface area contributed by atoms with Crippen LogP contribution in [0, 0.1) is 0 Å². The highest BCUT2D eigenvalue weighted by Gasteiger charge is 2.15. The van der Waals surface area contributed by atoms with Gasteiger partial charge in [0.1, 0.15) is 0 Å². The monoisotopic (exact) mass is 291 g/mol. The molecule has 1 saturated heterocycles. The third kappa shape index (κ3) is 3.19. The minimum atomic E-state index is 0.571. The number of aryl methyl sites for hydroxylation is 1. The summed E-state index contributed by atoms with van der Waals surface area (Å²) in [5.41, 5.74) is 0.819. The summed E-state index contributed by atoms with van der Waals surface area (Å²) in [6.45, 7) is 1.12. The number of aromatic nitrogens is 2. The molecule has 0 aliphatic carbocycles. The van der Waals surface area contributed by atoms with Gasteiger partial charge < -0.3 is 9.84 Å². The largest absolute Gasteiger partial charge is 0.339 e. The summed E-state index contributed by atoms with van der Waals surface area (Å²) in [4.78, 5) is 4.44. The van der Waals surface area contributed by atoms with Crippen LogP contribution in [0.25, 0.3) is 11.4 Å². The molecule has 0 amide bonds. The molecule has 2 heterocycles. The average molecular weight is 292 g/mol. The van der Waals surface area contributed by atoms with Gasteiger partial charge in [-0.05, 0) is 37.9 Å². The fraction of sp³-hybridized carbons (Fsp3) is 0.467. The Hall–Kier alpha value is -1.39. The van der Waals surface area contributed by atoms with Crippen molar-refractivity contribution in [2.45, 2.75) is 38.1 Å². The van der Waals surface area contributed by atoms with Gasteiger partial charge in [-0.25, -0.2) is 0 Å². The van der Waals surface area contributed by atoms with Gasteiger partial charge >= 0.3 is 0 Å². The fourth-order valence-corrected chi connectivity index (χ4v) is 2.80. The average Bonchev–Trinajstić information content (AvgIpc) is 2.95. The molecule has 1 aromatic heterocycles. The molecule has 1 aromatic carbocycles. The molecule has 0 bridgehead atoms. The highest BCUT2D eigenvalue weighted by Crippen LogP contribution is 2.25. The van der Waals surface area contributed by atoms with Crippen LogP contribution in [-0.4, -0.2) is 22.7 Å². The Bertz CT molecular complexity index is 564. The highest BCUT2D eigenvalue weighted by molar-refractivity contribution is 6.33. The van der Waals surface area contributed by atoms with Crippen LogP contribution in [0.15, 0.2) is 28.8 Å². The van der Waals surface area contributed by atoms with Crippen molar-refractivity contribution in [2.24, 2.45) is 0 Å². The Kier molecular flexibility index (Phi) is 4.33. The van der Waals surface area contributed by atoms with E-state index in [1.165, 1.54) is 19.3 Å². The zero-order valence-corrected chi connectivity index (χ0v) is 12.1. The minimum absolute atomic E-state index is 0.571. The van der Waals surface area contributed by atoms with Gasteiger partial charge in [0.25, 0.3) is 0 Å². The molecular weight excluding hydrogens is 274 g/mol. The van der Waals surface area contributed by atoms with Crippen molar-refractivity contribution in [1.29, 1.82) is 0 Å². The molecule has 1 unspecified atom stereocenters. The topological polar surface area (TPSA) is 51.0 Å². The van der Waals surface area contributed by atoms with Crippen molar-refractivity contribution in [2.75, 3.05) is 6.54 Å². The third-order valence-electron chi connectivity index (χ3n) is 3.70. The van der Waals surface area contributed by atoms with Gasteiger partial charge in [-0.2, -0.15) is 4.98 Å². The second kappa shape index (κ2) is 6.37. The smallest absolute Gasteiger partial charge is 0.227 e. The maximum atomic E-state index is 6.14. The van der Waals surface area contributed by atoms with E-state index in [0.29, 0.717) is 22.8 Å². The molecule has 20 heavy (non-hydrogen) atoms. The van der Waals surface area contributed by atoms with E-state index >= 15 is 0 Å². The lowest BCUT2D eigenvalue weighted by Crippen LogP contribution is -2.34. The molecular formula is C15H18ClN3O. The van der Waals surface area contributed by atoms with E-state index in [1.807, 2.05) is 24.3 Å². The molecule has 0 radical (unpaired) electrons. The lowest BCUT2D eigenvalue weighted by molar-refractivity contribution is 0.342. The van der Waals surface area contributed by atoms with Gasteiger partial charge in [0.15, 0.2) is 0 Å². The molecule has 1 fully saturated rings. The number of nitrogens with one attached hydrogen (secondary N) is 1. The summed E-state index contributed by atoms with van der Waals surface area (Å²) in [5.74, 6) is 1.26. The summed E-state index contributed by atoms with van der Waals surface area (Å²) in [6.07, 6.45) is 5.70. The quantitative estimate of drug-likeness (QED) is 0.937. The first-order valence-electron chi connectivity index (χ1n) is 7.14. The van der Waals surface area contributed by atoms with Crippen LogP contribution in [0.4, 0.5) is 0 Å². The molecule has 5 heteroatoms. The van der Waals surface area contributed by atoms with E-state index < -0.39 is 0 Å². The SMILES string of the molecule is Clc1ccccc1-c1noc(CCC2CCCCN2)n1. The highest BCUT2D eigenvalue weighted by atomic mass is 35.5. The molecule has 1 atom stereocenters. The summed E-state index contributed by atoms with van der Waals surface area (Å²) < 4.78 is 5.32. The molecule has 0 spiro atoms. The fourth-order valence-electron chi connectivity index (χ4n) is 2.58. The van der Waals surface area contributed by atoms with Crippen molar-refractivity contribution in [1.82, 2.24) is 15.5 Å². The van der Waals surface area contributed by atoms with Crippen molar-refractivity contribution in [3.8, 4) is 11.4 Å². The second-order valence-electron chi connectivity index (χ2n) is 5.18. The van der Waals surface area contributed by atoms with Gasteiger partial charge in [0.05, 0.1) is 5.02 Å². The number of hydrogen-bond acceptors (Lipinski definition) is 4. The summed E-state index contributed by atoms with van der Waals surface area (Å²) in [6, 6.07) is 8.13. The predicted octanol–water partition coefficient (Wildman–Crippen LogP) is 3.46. The Labute approximate surface area is 123 Å². The first-order valence-corrected chi connectivity index (χ1v) is 7.51. The van der Waals surface area contributed by atoms with Crippen molar-refractivity contribution < 1.29 is 4.52 Å². The van der Waals surface area contributed by atoms with Gasteiger partial charge in [-0.15, -0.1) is 0 Å². The maximum Gasteiger partial charge on any atom is 0.227 e. The van der Waals surface area contributed by atoms with E-state index in [9.17, 15) is 0 Å². The molecule has 4 nitrogen and oxygen atoms in total. The summed E-state index contributed by atoms with van der Waals surface area (Å²) in [5, 5.41) is 8.19. The molecule has 3 rings (SSSR count). The number of piperidine rings is 1. The number of benzene rings is 1. The van der Waals surface area contributed by atoms with Gasteiger partial charge in [-0.1, -0.05) is 35.3 Å². The zero-order valence-electron chi connectivity index (χ0n) is 11.3. The molecule has 0 saturated carbocycles. The van der Waals surface area contributed by atoms with Crippen LogP contribution < -0.4 is 5.32 Å². The Balaban J connectivity index is 1.63. The van der Waals surface area contributed by atoms with Crippen LogP contribution in [0.5, 0.6) is 0 Å². The summed E-state index contributed by atoms with van der Waals surface area (Å²) in [7, 11) is 0. The van der Waals surface area contributed by atoms with E-state index in [4.69, 9.17) is 16.1 Å². The Morgan fingerprint density at radius 1 is 1.30 bits per heavy atom. The Morgan fingerprint density at radius 2 is 2.20 bits per heavy atom. The van der Waals surface area contributed by atoms with Crippen LogP contribution in [0.1, 0.15) is 31.6 Å². The zero-order chi connectivity index (χ0) is 13.8. The van der Waals surface area contributed by atoms with Crippen LogP contribution in [0.3, 0.4) is 0 Å².